The normalized spacial score (nSPS) is 10.7. The number of nitrogens with one attached hydrogen (secondary N) is 1. The van der Waals surface area contributed by atoms with Gasteiger partial charge in [0.15, 0.2) is 0 Å². The molecule has 19 heavy (non-hydrogen) atoms. The van der Waals surface area contributed by atoms with Crippen molar-refractivity contribution in [2.75, 3.05) is 31.5 Å². The van der Waals surface area contributed by atoms with Crippen molar-refractivity contribution in [2.45, 2.75) is 27.2 Å². The number of aromatic nitrogens is 1. The number of nitro groups is 1. The molecule has 0 saturated carbocycles. The summed E-state index contributed by atoms with van der Waals surface area (Å²) in [6.07, 6.45) is 2.66. The summed E-state index contributed by atoms with van der Waals surface area (Å²) in [5.74, 6) is 0.560. The molecular formula is C13H22N4O2. The Labute approximate surface area is 114 Å². The lowest BCUT2D eigenvalue weighted by atomic mass is 10.2. The Hall–Kier alpha value is -1.69. The summed E-state index contributed by atoms with van der Waals surface area (Å²) >= 11 is 0. The van der Waals surface area contributed by atoms with Gasteiger partial charge >= 0.3 is 0 Å². The van der Waals surface area contributed by atoms with Crippen molar-refractivity contribution in [2.24, 2.45) is 0 Å². The number of nitrogens with zero attached hydrogens (tertiary/aromatic N) is 3. The van der Waals surface area contributed by atoms with E-state index in [4.69, 9.17) is 0 Å². The molecule has 0 fully saturated rings. The van der Waals surface area contributed by atoms with Crippen molar-refractivity contribution in [3.63, 3.8) is 0 Å². The van der Waals surface area contributed by atoms with Gasteiger partial charge in [0, 0.05) is 24.8 Å². The molecule has 0 atom stereocenters. The van der Waals surface area contributed by atoms with Crippen molar-refractivity contribution in [3.05, 3.63) is 27.9 Å². The van der Waals surface area contributed by atoms with E-state index >= 15 is 0 Å². The van der Waals surface area contributed by atoms with Crippen LogP contribution in [-0.4, -0.2) is 41.0 Å². The van der Waals surface area contributed by atoms with Crippen LogP contribution in [0.4, 0.5) is 11.5 Å². The first-order valence-electron chi connectivity index (χ1n) is 6.65. The molecule has 6 nitrogen and oxygen atoms in total. The molecule has 0 amide bonds. The van der Waals surface area contributed by atoms with Crippen molar-refractivity contribution in [3.8, 4) is 0 Å². The van der Waals surface area contributed by atoms with Crippen LogP contribution in [0.15, 0.2) is 12.3 Å². The van der Waals surface area contributed by atoms with Crippen LogP contribution in [0.25, 0.3) is 0 Å². The second-order valence-electron chi connectivity index (χ2n) is 4.47. The van der Waals surface area contributed by atoms with Crippen LogP contribution in [0, 0.1) is 17.0 Å². The molecule has 1 aromatic rings. The molecule has 106 valence electrons. The van der Waals surface area contributed by atoms with Crippen LogP contribution >= 0.6 is 0 Å². The number of hydrogen-bond donors (Lipinski definition) is 1. The Kier molecular flexibility index (Phi) is 6.21. The fraction of sp³-hybridized carbons (Fsp3) is 0.615. The van der Waals surface area contributed by atoms with Crippen LogP contribution in [-0.2, 0) is 0 Å². The third-order valence-corrected chi connectivity index (χ3v) is 2.99. The second kappa shape index (κ2) is 7.68. The Morgan fingerprint density at radius 1 is 1.42 bits per heavy atom. The van der Waals surface area contributed by atoms with Gasteiger partial charge in [0.2, 0.25) is 0 Å². The fourth-order valence-corrected chi connectivity index (χ4v) is 1.89. The van der Waals surface area contributed by atoms with Crippen molar-refractivity contribution < 1.29 is 4.92 Å². The molecule has 1 rings (SSSR count). The van der Waals surface area contributed by atoms with Crippen molar-refractivity contribution in [1.29, 1.82) is 0 Å². The Morgan fingerprint density at radius 3 is 2.74 bits per heavy atom. The fourth-order valence-electron chi connectivity index (χ4n) is 1.89. The van der Waals surface area contributed by atoms with Crippen LogP contribution in [0.2, 0.25) is 0 Å². The first kappa shape index (κ1) is 15.4. The largest absolute Gasteiger partial charge is 0.369 e. The standard InChI is InChI=1S/C13H22N4O2/c1-4-7-16(5-2)8-6-14-13-9-12(17(18)19)11(3)10-15-13/h9-10H,4-8H2,1-3H3,(H,14,15). The van der Waals surface area contributed by atoms with Gasteiger partial charge in [-0.15, -0.1) is 0 Å². The van der Waals surface area contributed by atoms with E-state index in [0.717, 1.165) is 32.6 Å². The molecule has 0 aliphatic carbocycles. The number of anilines is 1. The lowest BCUT2D eigenvalue weighted by Crippen LogP contribution is -2.29. The molecule has 0 aliphatic rings. The minimum atomic E-state index is -0.377. The third kappa shape index (κ3) is 4.82. The highest BCUT2D eigenvalue weighted by atomic mass is 16.6. The summed E-state index contributed by atoms with van der Waals surface area (Å²) in [7, 11) is 0. The number of aryl methyl sites for hydroxylation is 1. The van der Waals surface area contributed by atoms with Gasteiger partial charge in [-0.3, -0.25) is 10.1 Å². The summed E-state index contributed by atoms with van der Waals surface area (Å²) in [5, 5.41) is 14.0. The molecule has 0 saturated heterocycles. The molecule has 1 aromatic heterocycles. The van der Waals surface area contributed by atoms with E-state index in [1.165, 1.54) is 12.3 Å². The highest BCUT2D eigenvalue weighted by Crippen LogP contribution is 2.19. The molecule has 0 aromatic carbocycles. The van der Waals surface area contributed by atoms with Gasteiger partial charge in [-0.2, -0.15) is 0 Å². The van der Waals surface area contributed by atoms with Crippen molar-refractivity contribution >= 4 is 11.5 Å². The van der Waals surface area contributed by atoms with Gasteiger partial charge in [0.25, 0.3) is 5.69 Å². The minimum absolute atomic E-state index is 0.110. The minimum Gasteiger partial charge on any atom is -0.369 e. The lowest BCUT2D eigenvalue weighted by Gasteiger charge is -2.19. The van der Waals surface area contributed by atoms with E-state index in [1.807, 2.05) is 0 Å². The lowest BCUT2D eigenvalue weighted by molar-refractivity contribution is -0.385. The molecule has 0 unspecified atom stereocenters. The average molecular weight is 266 g/mol. The molecule has 1 N–H and O–H groups in total. The topological polar surface area (TPSA) is 71.3 Å². The zero-order chi connectivity index (χ0) is 14.3. The monoisotopic (exact) mass is 266 g/mol. The van der Waals surface area contributed by atoms with E-state index in [-0.39, 0.29) is 10.6 Å². The van der Waals surface area contributed by atoms with Gasteiger partial charge in [-0.25, -0.2) is 4.98 Å². The Bertz CT molecular complexity index is 423. The summed E-state index contributed by atoms with van der Waals surface area (Å²) in [6, 6.07) is 1.49. The molecule has 0 aliphatic heterocycles. The van der Waals surface area contributed by atoms with Crippen LogP contribution in [0.5, 0.6) is 0 Å². The molecule has 1 heterocycles. The van der Waals surface area contributed by atoms with Gasteiger partial charge in [0.05, 0.1) is 11.0 Å². The van der Waals surface area contributed by atoms with Gasteiger partial charge in [-0.1, -0.05) is 13.8 Å². The molecular weight excluding hydrogens is 244 g/mol. The van der Waals surface area contributed by atoms with E-state index in [1.54, 1.807) is 6.92 Å². The zero-order valence-electron chi connectivity index (χ0n) is 11.8. The SMILES string of the molecule is CCCN(CC)CCNc1cc([N+](=O)[O-])c(C)cn1. The van der Waals surface area contributed by atoms with E-state index in [2.05, 4.69) is 29.0 Å². The van der Waals surface area contributed by atoms with Crippen LogP contribution in [0.1, 0.15) is 25.8 Å². The molecule has 0 radical (unpaired) electrons. The molecule has 0 bridgehead atoms. The number of hydrogen-bond acceptors (Lipinski definition) is 5. The van der Waals surface area contributed by atoms with Gasteiger partial charge in [-0.05, 0) is 26.4 Å². The maximum absolute atomic E-state index is 10.8. The first-order chi connectivity index (χ1) is 9.08. The highest BCUT2D eigenvalue weighted by Gasteiger charge is 2.11. The summed E-state index contributed by atoms with van der Waals surface area (Å²) in [5.41, 5.74) is 0.690. The van der Waals surface area contributed by atoms with E-state index < -0.39 is 0 Å². The van der Waals surface area contributed by atoms with Gasteiger partial charge < -0.3 is 10.2 Å². The zero-order valence-corrected chi connectivity index (χ0v) is 11.8. The predicted molar refractivity (Wildman–Crippen MR) is 76.5 cm³/mol. The maximum atomic E-state index is 10.8. The number of likely N-dealkylation sites (N-methyl/N-ethyl adjacent to an activating group) is 1. The van der Waals surface area contributed by atoms with Crippen molar-refractivity contribution in [1.82, 2.24) is 9.88 Å². The van der Waals surface area contributed by atoms with E-state index in [0.29, 0.717) is 11.4 Å². The second-order valence-corrected chi connectivity index (χ2v) is 4.47. The number of rotatable bonds is 8. The highest BCUT2D eigenvalue weighted by molar-refractivity contribution is 5.48. The smallest absolute Gasteiger partial charge is 0.277 e. The molecule has 6 heteroatoms. The summed E-state index contributed by atoms with van der Waals surface area (Å²) in [6.45, 7) is 9.70. The number of pyridine rings is 1. The first-order valence-corrected chi connectivity index (χ1v) is 6.65. The Balaban J connectivity index is 2.54. The van der Waals surface area contributed by atoms with Gasteiger partial charge in [0.1, 0.15) is 5.82 Å². The average Bonchev–Trinajstić information content (AvgIpc) is 2.39. The quantitative estimate of drug-likeness (QED) is 0.578. The third-order valence-electron chi connectivity index (χ3n) is 2.99. The summed E-state index contributed by atoms with van der Waals surface area (Å²) < 4.78 is 0. The van der Waals surface area contributed by atoms with Crippen LogP contribution in [0.3, 0.4) is 0 Å². The predicted octanol–water partition coefficient (Wildman–Crippen LogP) is 2.44. The van der Waals surface area contributed by atoms with Crippen LogP contribution < -0.4 is 5.32 Å². The summed E-state index contributed by atoms with van der Waals surface area (Å²) in [4.78, 5) is 16.9. The molecule has 0 spiro atoms. The van der Waals surface area contributed by atoms with E-state index in [9.17, 15) is 10.1 Å². The Morgan fingerprint density at radius 2 is 2.16 bits per heavy atom. The maximum Gasteiger partial charge on any atom is 0.277 e.